The van der Waals surface area contributed by atoms with Crippen molar-refractivity contribution in [1.29, 1.82) is 0 Å². The minimum absolute atomic E-state index is 0.144. The second-order valence-electron chi connectivity index (χ2n) is 5.33. The molecule has 1 amide bonds. The first-order valence-corrected chi connectivity index (χ1v) is 6.96. The molecule has 3 unspecified atom stereocenters. The standard InChI is InChI=1S/C13H24N2O3/c1-10(13(17)15-5-7-18-8-6-15)14-9-11-3-2-4-12(11)16/h10-12,14,16H,2-9H2,1H3. The van der Waals surface area contributed by atoms with Gasteiger partial charge in [0, 0.05) is 19.6 Å². The van der Waals surface area contributed by atoms with Gasteiger partial charge in [-0.2, -0.15) is 0 Å². The first kappa shape index (κ1) is 13.8. The maximum absolute atomic E-state index is 12.1. The highest BCUT2D eigenvalue weighted by atomic mass is 16.5. The van der Waals surface area contributed by atoms with Crippen molar-refractivity contribution < 1.29 is 14.6 Å². The molecule has 0 aromatic rings. The van der Waals surface area contributed by atoms with Crippen molar-refractivity contribution in [3.05, 3.63) is 0 Å². The Balaban J connectivity index is 1.73. The number of nitrogens with one attached hydrogen (secondary N) is 1. The molecule has 0 spiro atoms. The van der Waals surface area contributed by atoms with E-state index in [1.54, 1.807) is 0 Å². The number of ether oxygens (including phenoxy) is 1. The van der Waals surface area contributed by atoms with E-state index in [1.165, 1.54) is 0 Å². The quantitative estimate of drug-likeness (QED) is 0.742. The third kappa shape index (κ3) is 3.43. The van der Waals surface area contributed by atoms with Crippen LogP contribution < -0.4 is 5.32 Å². The van der Waals surface area contributed by atoms with Gasteiger partial charge in [0.05, 0.1) is 25.4 Å². The average molecular weight is 256 g/mol. The largest absolute Gasteiger partial charge is 0.393 e. The third-order valence-corrected chi connectivity index (χ3v) is 4.00. The molecular formula is C13H24N2O3. The lowest BCUT2D eigenvalue weighted by Gasteiger charge is -2.30. The van der Waals surface area contributed by atoms with Crippen LogP contribution in [0.5, 0.6) is 0 Å². The number of hydrogen-bond donors (Lipinski definition) is 2. The molecule has 2 rings (SSSR count). The lowest BCUT2D eigenvalue weighted by Crippen LogP contribution is -2.50. The van der Waals surface area contributed by atoms with E-state index < -0.39 is 0 Å². The first-order valence-electron chi connectivity index (χ1n) is 6.96. The van der Waals surface area contributed by atoms with E-state index in [0.29, 0.717) is 32.2 Å². The number of nitrogens with zero attached hydrogens (tertiary/aromatic N) is 1. The van der Waals surface area contributed by atoms with E-state index in [4.69, 9.17) is 4.74 Å². The van der Waals surface area contributed by atoms with Crippen LogP contribution in [0.3, 0.4) is 0 Å². The van der Waals surface area contributed by atoms with Gasteiger partial charge < -0.3 is 20.1 Å². The summed E-state index contributed by atoms with van der Waals surface area (Å²) in [5.74, 6) is 0.454. The topological polar surface area (TPSA) is 61.8 Å². The molecule has 0 radical (unpaired) electrons. The van der Waals surface area contributed by atoms with Gasteiger partial charge in [-0.25, -0.2) is 0 Å². The fourth-order valence-corrected chi connectivity index (χ4v) is 2.73. The molecule has 18 heavy (non-hydrogen) atoms. The minimum Gasteiger partial charge on any atom is -0.393 e. The number of aliphatic hydroxyl groups is 1. The van der Waals surface area contributed by atoms with Crippen molar-refractivity contribution in [1.82, 2.24) is 10.2 Å². The van der Waals surface area contributed by atoms with Crippen molar-refractivity contribution in [2.75, 3.05) is 32.8 Å². The summed E-state index contributed by atoms with van der Waals surface area (Å²) >= 11 is 0. The van der Waals surface area contributed by atoms with E-state index in [1.807, 2.05) is 11.8 Å². The second-order valence-corrected chi connectivity index (χ2v) is 5.33. The molecule has 3 atom stereocenters. The Kier molecular flexibility index (Phi) is 4.97. The molecule has 1 heterocycles. The Labute approximate surface area is 108 Å². The zero-order chi connectivity index (χ0) is 13.0. The number of carbonyl (C=O) groups is 1. The lowest BCUT2D eigenvalue weighted by molar-refractivity contribution is -0.137. The van der Waals surface area contributed by atoms with Gasteiger partial charge in [-0.3, -0.25) is 4.79 Å². The normalized spacial score (nSPS) is 30.4. The van der Waals surface area contributed by atoms with E-state index in [0.717, 1.165) is 25.8 Å². The fourth-order valence-electron chi connectivity index (χ4n) is 2.73. The summed E-state index contributed by atoms with van der Waals surface area (Å²) in [5, 5.41) is 13.0. The Bertz CT molecular complexity index is 279. The van der Waals surface area contributed by atoms with Crippen molar-refractivity contribution in [3.8, 4) is 0 Å². The Morgan fingerprint density at radius 3 is 2.78 bits per heavy atom. The minimum atomic E-state index is -0.191. The van der Waals surface area contributed by atoms with E-state index in [9.17, 15) is 9.90 Å². The molecule has 2 fully saturated rings. The Hall–Kier alpha value is -0.650. The molecule has 5 heteroatoms. The molecular weight excluding hydrogens is 232 g/mol. The molecule has 1 saturated heterocycles. The predicted octanol–water partition coefficient (Wildman–Crippen LogP) is -0.0157. The highest BCUT2D eigenvalue weighted by molar-refractivity contribution is 5.81. The van der Waals surface area contributed by atoms with Crippen LogP contribution in [-0.4, -0.2) is 60.9 Å². The molecule has 1 saturated carbocycles. The molecule has 104 valence electrons. The zero-order valence-corrected chi connectivity index (χ0v) is 11.1. The summed E-state index contributed by atoms with van der Waals surface area (Å²) in [6.45, 7) is 5.30. The molecule has 2 N–H and O–H groups in total. The van der Waals surface area contributed by atoms with Crippen LogP contribution in [-0.2, 0) is 9.53 Å². The van der Waals surface area contributed by atoms with Gasteiger partial charge in [-0.15, -0.1) is 0 Å². The van der Waals surface area contributed by atoms with Crippen LogP contribution in [0.2, 0.25) is 0 Å². The highest BCUT2D eigenvalue weighted by Crippen LogP contribution is 2.24. The van der Waals surface area contributed by atoms with Gasteiger partial charge in [-0.05, 0) is 25.7 Å². The molecule has 0 bridgehead atoms. The highest BCUT2D eigenvalue weighted by Gasteiger charge is 2.27. The van der Waals surface area contributed by atoms with Crippen LogP contribution in [0.4, 0.5) is 0 Å². The lowest BCUT2D eigenvalue weighted by atomic mass is 10.1. The van der Waals surface area contributed by atoms with Gasteiger partial charge in [0.1, 0.15) is 0 Å². The van der Waals surface area contributed by atoms with Gasteiger partial charge in [-0.1, -0.05) is 6.42 Å². The first-order chi connectivity index (χ1) is 8.68. The van der Waals surface area contributed by atoms with Crippen molar-refractivity contribution in [3.63, 3.8) is 0 Å². The van der Waals surface area contributed by atoms with Crippen LogP contribution in [0.25, 0.3) is 0 Å². The number of morpholine rings is 1. The number of carbonyl (C=O) groups excluding carboxylic acids is 1. The van der Waals surface area contributed by atoms with Crippen LogP contribution in [0.15, 0.2) is 0 Å². The third-order valence-electron chi connectivity index (χ3n) is 4.00. The number of rotatable bonds is 4. The van der Waals surface area contributed by atoms with Crippen LogP contribution in [0.1, 0.15) is 26.2 Å². The van der Waals surface area contributed by atoms with Crippen LogP contribution >= 0.6 is 0 Å². The monoisotopic (exact) mass is 256 g/mol. The summed E-state index contributed by atoms with van der Waals surface area (Å²) in [7, 11) is 0. The smallest absolute Gasteiger partial charge is 0.239 e. The van der Waals surface area contributed by atoms with Gasteiger partial charge in [0.2, 0.25) is 5.91 Å². The molecule has 1 aliphatic heterocycles. The summed E-state index contributed by atoms with van der Waals surface area (Å²) < 4.78 is 5.24. The number of aliphatic hydroxyl groups excluding tert-OH is 1. The summed E-state index contributed by atoms with van der Waals surface area (Å²) in [5.41, 5.74) is 0. The van der Waals surface area contributed by atoms with Crippen molar-refractivity contribution >= 4 is 5.91 Å². The summed E-state index contributed by atoms with van der Waals surface area (Å²) in [6, 6.07) is -0.170. The van der Waals surface area contributed by atoms with E-state index in [-0.39, 0.29) is 18.1 Å². The SMILES string of the molecule is CC(NCC1CCCC1O)C(=O)N1CCOCC1. The predicted molar refractivity (Wildman–Crippen MR) is 68.2 cm³/mol. The second kappa shape index (κ2) is 6.50. The number of hydrogen-bond acceptors (Lipinski definition) is 4. The zero-order valence-electron chi connectivity index (χ0n) is 11.1. The molecule has 5 nitrogen and oxygen atoms in total. The molecule has 0 aromatic heterocycles. The van der Waals surface area contributed by atoms with Gasteiger partial charge >= 0.3 is 0 Å². The summed E-state index contributed by atoms with van der Waals surface area (Å²) in [4.78, 5) is 14.0. The molecule has 2 aliphatic rings. The molecule has 1 aliphatic carbocycles. The van der Waals surface area contributed by atoms with Crippen LogP contribution in [0, 0.1) is 5.92 Å². The average Bonchev–Trinajstić information content (AvgIpc) is 2.81. The van der Waals surface area contributed by atoms with Crippen molar-refractivity contribution in [2.24, 2.45) is 5.92 Å². The maximum Gasteiger partial charge on any atom is 0.239 e. The Morgan fingerprint density at radius 2 is 2.17 bits per heavy atom. The maximum atomic E-state index is 12.1. The Morgan fingerprint density at radius 1 is 1.44 bits per heavy atom. The van der Waals surface area contributed by atoms with Gasteiger partial charge in [0.15, 0.2) is 0 Å². The van der Waals surface area contributed by atoms with E-state index in [2.05, 4.69) is 5.32 Å². The van der Waals surface area contributed by atoms with Gasteiger partial charge in [0.25, 0.3) is 0 Å². The van der Waals surface area contributed by atoms with Crippen molar-refractivity contribution in [2.45, 2.75) is 38.3 Å². The van der Waals surface area contributed by atoms with E-state index >= 15 is 0 Å². The number of amides is 1. The fraction of sp³-hybridized carbons (Fsp3) is 0.923. The summed E-state index contributed by atoms with van der Waals surface area (Å²) in [6.07, 6.45) is 2.87. The molecule has 0 aromatic carbocycles.